The first-order valence-corrected chi connectivity index (χ1v) is 8.45. The van der Waals surface area contributed by atoms with Gasteiger partial charge in [-0.2, -0.15) is 0 Å². The van der Waals surface area contributed by atoms with Gasteiger partial charge in [-0.05, 0) is 38.9 Å². The number of carbonyl (C=O) groups excluding carboxylic acids is 1. The molecule has 0 aromatic rings. The zero-order valence-corrected chi connectivity index (χ0v) is 12.1. The van der Waals surface area contributed by atoms with E-state index in [-0.39, 0.29) is 6.61 Å². The fourth-order valence-electron chi connectivity index (χ4n) is 2.07. The molecular formula is C11H18O5S2. The first-order valence-electron chi connectivity index (χ1n) is 5.82. The van der Waals surface area contributed by atoms with Crippen molar-refractivity contribution in [3.63, 3.8) is 0 Å². The molecule has 1 rings (SSSR count). The van der Waals surface area contributed by atoms with Gasteiger partial charge >= 0.3 is 12.1 Å². The molecule has 0 spiro atoms. The molecule has 0 unspecified atom stereocenters. The Morgan fingerprint density at radius 3 is 2.44 bits per heavy atom. The average molecular weight is 294 g/mol. The highest BCUT2D eigenvalue weighted by molar-refractivity contribution is 8.76. The molecule has 5 nitrogen and oxygen atoms in total. The lowest BCUT2D eigenvalue weighted by molar-refractivity contribution is -0.170. The second-order valence-corrected chi connectivity index (χ2v) is 6.81. The zero-order chi connectivity index (χ0) is 13.6. The van der Waals surface area contributed by atoms with Gasteiger partial charge in [0.05, 0.1) is 6.61 Å². The minimum atomic E-state index is -1.42. The second-order valence-electron chi connectivity index (χ2n) is 4.04. The third-order valence-electron chi connectivity index (χ3n) is 2.90. The van der Waals surface area contributed by atoms with E-state index in [1.54, 1.807) is 28.5 Å². The lowest BCUT2D eigenvalue weighted by atomic mass is 9.84. The molecule has 1 aliphatic carbocycles. The smallest absolute Gasteiger partial charge is 0.463 e. The molecule has 0 saturated heterocycles. The standard InChI is InChI=1S/C11H18O5S2/c1-3-15-9(12)11(16-10(13)14)6-4-8(5-7-11)18-17-2/h8H,3-7H2,1-2H3,(H,13,14). The molecule has 1 fully saturated rings. The summed E-state index contributed by atoms with van der Waals surface area (Å²) in [5.74, 6) is -0.556. The van der Waals surface area contributed by atoms with Crippen molar-refractivity contribution in [2.45, 2.75) is 43.5 Å². The van der Waals surface area contributed by atoms with E-state index in [0.29, 0.717) is 18.1 Å². The van der Waals surface area contributed by atoms with Crippen LogP contribution < -0.4 is 0 Å². The van der Waals surface area contributed by atoms with Crippen molar-refractivity contribution in [2.24, 2.45) is 0 Å². The SMILES string of the molecule is CCOC(=O)C1(OC(=O)O)CCC(SSC)CC1. The summed E-state index contributed by atoms with van der Waals surface area (Å²) in [6.07, 6.45) is 2.91. The summed E-state index contributed by atoms with van der Waals surface area (Å²) >= 11 is 0. The van der Waals surface area contributed by atoms with Crippen molar-refractivity contribution in [1.29, 1.82) is 0 Å². The molecule has 0 heterocycles. The highest BCUT2D eigenvalue weighted by atomic mass is 33.1. The van der Waals surface area contributed by atoms with E-state index in [2.05, 4.69) is 0 Å². The quantitative estimate of drug-likeness (QED) is 0.617. The predicted octanol–water partition coefficient (Wildman–Crippen LogP) is 2.94. The van der Waals surface area contributed by atoms with Crippen LogP contribution in [0, 0.1) is 0 Å². The van der Waals surface area contributed by atoms with Crippen LogP contribution in [-0.2, 0) is 14.3 Å². The van der Waals surface area contributed by atoms with Crippen LogP contribution >= 0.6 is 21.6 Å². The summed E-state index contributed by atoms with van der Waals surface area (Å²) in [5, 5.41) is 9.22. The molecule has 0 amide bonds. The summed E-state index contributed by atoms with van der Waals surface area (Å²) in [5.41, 5.74) is -1.29. The molecule has 1 N–H and O–H groups in total. The van der Waals surface area contributed by atoms with Crippen molar-refractivity contribution in [3.05, 3.63) is 0 Å². The topological polar surface area (TPSA) is 72.8 Å². The van der Waals surface area contributed by atoms with Crippen LogP contribution in [0.25, 0.3) is 0 Å². The third kappa shape index (κ3) is 3.98. The molecule has 0 bridgehead atoms. The summed E-state index contributed by atoms with van der Waals surface area (Å²) in [7, 11) is 3.44. The minimum absolute atomic E-state index is 0.229. The third-order valence-corrected chi connectivity index (χ3v) is 5.23. The van der Waals surface area contributed by atoms with Crippen LogP contribution in [0.4, 0.5) is 4.79 Å². The number of ether oxygens (including phenoxy) is 2. The Bertz CT molecular complexity index is 300. The fraction of sp³-hybridized carbons (Fsp3) is 0.818. The predicted molar refractivity (Wildman–Crippen MR) is 71.8 cm³/mol. The maximum atomic E-state index is 11.9. The van der Waals surface area contributed by atoms with Gasteiger partial charge < -0.3 is 14.6 Å². The van der Waals surface area contributed by atoms with Gasteiger partial charge in [0.1, 0.15) is 0 Å². The monoisotopic (exact) mass is 294 g/mol. The number of rotatable bonds is 5. The van der Waals surface area contributed by atoms with Gasteiger partial charge in [-0.1, -0.05) is 21.6 Å². The molecule has 104 valence electrons. The average Bonchev–Trinajstić information content (AvgIpc) is 2.32. The van der Waals surface area contributed by atoms with Gasteiger partial charge in [-0.3, -0.25) is 0 Å². The molecule has 0 aromatic carbocycles. The summed E-state index contributed by atoms with van der Waals surface area (Å²) in [4.78, 5) is 22.6. The Morgan fingerprint density at radius 2 is 2.00 bits per heavy atom. The first kappa shape index (κ1) is 15.5. The molecule has 1 saturated carbocycles. The highest BCUT2D eigenvalue weighted by Crippen LogP contribution is 2.40. The number of hydrogen-bond acceptors (Lipinski definition) is 6. The van der Waals surface area contributed by atoms with Crippen LogP contribution in [0.5, 0.6) is 0 Å². The summed E-state index contributed by atoms with van der Waals surface area (Å²) in [6.45, 7) is 1.92. The normalized spacial score (nSPS) is 27.6. The highest BCUT2D eigenvalue weighted by Gasteiger charge is 2.47. The van der Waals surface area contributed by atoms with Crippen LogP contribution in [-0.4, -0.2) is 40.9 Å². The van der Waals surface area contributed by atoms with Crippen molar-refractivity contribution < 1.29 is 24.2 Å². The van der Waals surface area contributed by atoms with Gasteiger partial charge in [-0.15, -0.1) is 0 Å². The maximum Gasteiger partial charge on any atom is 0.506 e. The Labute approximate surface area is 114 Å². The molecule has 0 radical (unpaired) electrons. The van der Waals surface area contributed by atoms with Crippen LogP contribution in [0.15, 0.2) is 0 Å². The Hall–Kier alpha value is -0.560. The number of carboxylic acid groups (broad SMARTS) is 1. The lowest BCUT2D eigenvalue weighted by Gasteiger charge is -2.35. The van der Waals surface area contributed by atoms with Crippen molar-refractivity contribution in [2.75, 3.05) is 12.9 Å². The van der Waals surface area contributed by atoms with Gasteiger partial charge in [0.15, 0.2) is 0 Å². The number of carbonyl (C=O) groups is 2. The summed E-state index contributed by atoms with van der Waals surface area (Å²) < 4.78 is 9.79. The molecule has 0 aliphatic heterocycles. The minimum Gasteiger partial charge on any atom is -0.463 e. The van der Waals surface area contributed by atoms with E-state index >= 15 is 0 Å². The second kappa shape index (κ2) is 7.13. The van der Waals surface area contributed by atoms with E-state index in [1.165, 1.54) is 0 Å². The van der Waals surface area contributed by atoms with Crippen LogP contribution in [0.3, 0.4) is 0 Å². The van der Waals surface area contributed by atoms with Crippen LogP contribution in [0.2, 0.25) is 0 Å². The molecule has 18 heavy (non-hydrogen) atoms. The molecule has 0 aromatic heterocycles. The van der Waals surface area contributed by atoms with E-state index in [0.717, 1.165) is 12.8 Å². The van der Waals surface area contributed by atoms with Crippen LogP contribution in [0.1, 0.15) is 32.6 Å². The molecule has 0 atom stereocenters. The number of esters is 1. The fourth-order valence-corrected chi connectivity index (χ4v) is 4.16. The molecule has 7 heteroatoms. The maximum absolute atomic E-state index is 11.9. The Balaban J connectivity index is 2.69. The van der Waals surface area contributed by atoms with E-state index < -0.39 is 17.7 Å². The Morgan fingerprint density at radius 1 is 1.39 bits per heavy atom. The zero-order valence-electron chi connectivity index (χ0n) is 10.5. The van der Waals surface area contributed by atoms with Gasteiger partial charge in [0.25, 0.3) is 0 Å². The number of hydrogen-bond donors (Lipinski definition) is 1. The van der Waals surface area contributed by atoms with Crippen molar-refractivity contribution >= 4 is 33.7 Å². The van der Waals surface area contributed by atoms with Gasteiger partial charge in [0.2, 0.25) is 5.60 Å². The molecular weight excluding hydrogens is 276 g/mol. The molecule has 1 aliphatic rings. The van der Waals surface area contributed by atoms with E-state index in [4.69, 9.17) is 14.6 Å². The van der Waals surface area contributed by atoms with E-state index in [9.17, 15) is 9.59 Å². The van der Waals surface area contributed by atoms with Gasteiger partial charge in [-0.25, -0.2) is 9.59 Å². The van der Waals surface area contributed by atoms with Crippen molar-refractivity contribution in [3.8, 4) is 0 Å². The largest absolute Gasteiger partial charge is 0.506 e. The Kier molecular flexibility index (Phi) is 6.14. The first-order chi connectivity index (χ1) is 8.54. The van der Waals surface area contributed by atoms with Crippen molar-refractivity contribution in [1.82, 2.24) is 0 Å². The lowest BCUT2D eigenvalue weighted by Crippen LogP contribution is -2.47. The summed E-state index contributed by atoms with van der Waals surface area (Å²) in [6, 6.07) is 0. The van der Waals surface area contributed by atoms with E-state index in [1.807, 2.05) is 6.26 Å². The van der Waals surface area contributed by atoms with Gasteiger partial charge in [0, 0.05) is 5.25 Å².